The van der Waals surface area contributed by atoms with Gasteiger partial charge in [0.2, 0.25) is 17.7 Å². The molecule has 34 heavy (non-hydrogen) atoms. The molecule has 1 saturated heterocycles. The number of nitrogens with two attached hydrogens (primary N) is 1. The summed E-state index contributed by atoms with van der Waals surface area (Å²) in [5, 5.41) is 5.21. The van der Waals surface area contributed by atoms with Crippen LogP contribution in [-0.4, -0.2) is 53.9 Å². The number of carbonyl (C=O) groups is 4. The number of likely N-dealkylation sites (tertiary alicyclic amines) is 1. The number of ether oxygens (including phenoxy) is 1. The van der Waals surface area contributed by atoms with Gasteiger partial charge in [0.25, 0.3) is 0 Å². The van der Waals surface area contributed by atoms with Crippen LogP contribution < -0.4 is 16.4 Å². The van der Waals surface area contributed by atoms with Crippen molar-refractivity contribution in [1.29, 1.82) is 0 Å². The number of aryl methyl sites for hydroxylation is 1. The molecule has 0 saturated carbocycles. The first-order chi connectivity index (χ1) is 16.4. The number of hydrogen-bond acceptors (Lipinski definition) is 5. The summed E-state index contributed by atoms with van der Waals surface area (Å²) < 4.78 is 5.39. The average Bonchev–Trinajstić information content (AvgIpc) is 3.35. The fourth-order valence-corrected chi connectivity index (χ4v) is 3.85. The van der Waals surface area contributed by atoms with Gasteiger partial charge in [-0.2, -0.15) is 0 Å². The van der Waals surface area contributed by atoms with Crippen molar-refractivity contribution in [3.63, 3.8) is 0 Å². The van der Waals surface area contributed by atoms with E-state index in [1.807, 2.05) is 60.7 Å². The highest BCUT2D eigenvalue weighted by molar-refractivity contribution is 5.92. The molecule has 4 amide bonds. The van der Waals surface area contributed by atoms with Crippen molar-refractivity contribution in [2.24, 2.45) is 5.73 Å². The molecule has 3 rings (SSSR count). The van der Waals surface area contributed by atoms with Gasteiger partial charge in [-0.05, 0) is 36.8 Å². The van der Waals surface area contributed by atoms with E-state index in [2.05, 4.69) is 10.6 Å². The number of amides is 4. The van der Waals surface area contributed by atoms with Gasteiger partial charge >= 0.3 is 6.09 Å². The maximum Gasteiger partial charge on any atom is 0.410 e. The minimum absolute atomic E-state index is 0.111. The van der Waals surface area contributed by atoms with Gasteiger partial charge in [-0.15, -0.1) is 0 Å². The molecule has 1 heterocycles. The minimum Gasteiger partial charge on any atom is -0.445 e. The molecular formula is C25H30N4O5. The maximum atomic E-state index is 13.1. The molecule has 9 heteroatoms. The zero-order valence-electron chi connectivity index (χ0n) is 18.9. The van der Waals surface area contributed by atoms with E-state index in [0.717, 1.165) is 11.1 Å². The lowest BCUT2D eigenvalue weighted by Crippen LogP contribution is -2.54. The Kier molecular flexibility index (Phi) is 9.02. The molecule has 2 atom stereocenters. The highest BCUT2D eigenvalue weighted by atomic mass is 16.6. The van der Waals surface area contributed by atoms with Crippen LogP contribution in [0.5, 0.6) is 0 Å². The SMILES string of the molecule is NC(=O)CNC(=O)[C@@H](CCc1ccccc1)NC(=O)[C@@H]1CCCN1C(=O)OCc1ccccc1. The fourth-order valence-electron chi connectivity index (χ4n) is 3.85. The number of primary amides is 1. The molecule has 1 aliphatic heterocycles. The molecule has 180 valence electrons. The Morgan fingerprint density at radius 1 is 1.00 bits per heavy atom. The third-order valence-corrected chi connectivity index (χ3v) is 5.63. The highest BCUT2D eigenvalue weighted by Gasteiger charge is 2.36. The molecular weight excluding hydrogens is 436 g/mol. The Hall–Kier alpha value is -3.88. The quantitative estimate of drug-likeness (QED) is 0.489. The molecule has 4 N–H and O–H groups in total. The summed E-state index contributed by atoms with van der Waals surface area (Å²) in [4.78, 5) is 50.8. The van der Waals surface area contributed by atoms with E-state index >= 15 is 0 Å². The molecule has 2 aromatic carbocycles. The van der Waals surface area contributed by atoms with Crippen LogP contribution in [0.25, 0.3) is 0 Å². The summed E-state index contributed by atoms with van der Waals surface area (Å²) in [6.07, 6.45) is 1.43. The molecule has 1 fully saturated rings. The number of carbonyl (C=O) groups excluding carboxylic acids is 4. The van der Waals surface area contributed by atoms with Gasteiger partial charge < -0.3 is 21.1 Å². The Morgan fingerprint density at radius 2 is 1.65 bits per heavy atom. The summed E-state index contributed by atoms with van der Waals surface area (Å²) in [5.74, 6) is -1.61. The van der Waals surface area contributed by atoms with Gasteiger partial charge in [0, 0.05) is 6.54 Å². The topological polar surface area (TPSA) is 131 Å². The summed E-state index contributed by atoms with van der Waals surface area (Å²) >= 11 is 0. The van der Waals surface area contributed by atoms with Crippen LogP contribution in [0.3, 0.4) is 0 Å². The van der Waals surface area contributed by atoms with Crippen LogP contribution in [0.15, 0.2) is 60.7 Å². The zero-order chi connectivity index (χ0) is 24.3. The van der Waals surface area contributed by atoms with Crippen LogP contribution in [0.4, 0.5) is 4.79 Å². The first-order valence-corrected chi connectivity index (χ1v) is 11.3. The second-order valence-electron chi connectivity index (χ2n) is 8.16. The van der Waals surface area contributed by atoms with E-state index in [9.17, 15) is 19.2 Å². The average molecular weight is 467 g/mol. The maximum absolute atomic E-state index is 13.1. The van der Waals surface area contributed by atoms with Crippen molar-refractivity contribution in [2.75, 3.05) is 13.1 Å². The third kappa shape index (κ3) is 7.33. The smallest absolute Gasteiger partial charge is 0.410 e. The Balaban J connectivity index is 1.61. The molecule has 2 aromatic rings. The van der Waals surface area contributed by atoms with Crippen molar-refractivity contribution in [1.82, 2.24) is 15.5 Å². The van der Waals surface area contributed by atoms with E-state index in [1.54, 1.807) is 0 Å². The van der Waals surface area contributed by atoms with Crippen molar-refractivity contribution < 1.29 is 23.9 Å². The third-order valence-electron chi connectivity index (χ3n) is 5.63. The Labute approximate surface area is 198 Å². The largest absolute Gasteiger partial charge is 0.445 e. The highest BCUT2D eigenvalue weighted by Crippen LogP contribution is 2.19. The van der Waals surface area contributed by atoms with E-state index < -0.39 is 35.9 Å². The second kappa shape index (κ2) is 12.4. The summed E-state index contributed by atoms with van der Waals surface area (Å²) in [6.45, 7) is 0.186. The van der Waals surface area contributed by atoms with E-state index in [-0.39, 0.29) is 13.2 Å². The lowest BCUT2D eigenvalue weighted by Gasteiger charge is -2.26. The van der Waals surface area contributed by atoms with Crippen molar-refractivity contribution in [3.8, 4) is 0 Å². The zero-order valence-corrected chi connectivity index (χ0v) is 18.9. The van der Waals surface area contributed by atoms with Crippen molar-refractivity contribution >= 4 is 23.8 Å². The summed E-state index contributed by atoms with van der Waals surface area (Å²) in [7, 11) is 0. The number of rotatable bonds is 10. The molecule has 0 unspecified atom stereocenters. The lowest BCUT2D eigenvalue weighted by atomic mass is 10.0. The predicted molar refractivity (Wildman–Crippen MR) is 125 cm³/mol. The van der Waals surface area contributed by atoms with Gasteiger partial charge in [0.05, 0.1) is 6.54 Å². The summed E-state index contributed by atoms with van der Waals surface area (Å²) in [5.41, 5.74) is 6.99. The summed E-state index contributed by atoms with van der Waals surface area (Å²) in [6, 6.07) is 17.2. The first-order valence-electron chi connectivity index (χ1n) is 11.3. The van der Waals surface area contributed by atoms with Gasteiger partial charge in [-0.1, -0.05) is 60.7 Å². The van der Waals surface area contributed by atoms with Gasteiger partial charge in [-0.3, -0.25) is 19.3 Å². The molecule has 0 radical (unpaired) electrons. The van der Waals surface area contributed by atoms with Gasteiger partial charge in [-0.25, -0.2) is 4.79 Å². The molecule has 1 aliphatic rings. The molecule has 0 spiro atoms. The van der Waals surface area contributed by atoms with Crippen LogP contribution >= 0.6 is 0 Å². The lowest BCUT2D eigenvalue weighted by molar-refractivity contribution is -0.131. The monoisotopic (exact) mass is 466 g/mol. The van der Waals surface area contributed by atoms with Crippen LogP contribution in [-0.2, 0) is 32.1 Å². The van der Waals surface area contributed by atoms with Crippen LogP contribution in [0, 0.1) is 0 Å². The second-order valence-corrected chi connectivity index (χ2v) is 8.16. The standard InChI is InChI=1S/C25H30N4O5/c26-22(30)16-27-23(31)20(14-13-18-8-3-1-4-9-18)28-24(32)21-12-7-15-29(21)25(33)34-17-19-10-5-2-6-11-19/h1-6,8-11,20-21H,7,12-17H2,(H2,26,30)(H,27,31)(H,28,32)/t20-,21+/m1/s1. The van der Waals surface area contributed by atoms with Gasteiger partial charge in [0.1, 0.15) is 18.7 Å². The van der Waals surface area contributed by atoms with Gasteiger partial charge in [0.15, 0.2) is 0 Å². The predicted octanol–water partition coefficient (Wildman–Crippen LogP) is 1.51. The Bertz CT molecular complexity index is 983. The Morgan fingerprint density at radius 3 is 2.29 bits per heavy atom. The van der Waals surface area contributed by atoms with E-state index in [0.29, 0.717) is 32.2 Å². The van der Waals surface area contributed by atoms with Crippen LogP contribution in [0.1, 0.15) is 30.4 Å². The molecule has 0 bridgehead atoms. The number of nitrogens with one attached hydrogen (secondary N) is 2. The van der Waals surface area contributed by atoms with Crippen molar-refractivity contribution in [2.45, 2.75) is 44.4 Å². The molecule has 0 aromatic heterocycles. The minimum atomic E-state index is -0.880. The first kappa shape index (κ1) is 24.8. The number of nitrogens with zero attached hydrogens (tertiary/aromatic N) is 1. The number of benzene rings is 2. The fraction of sp³-hybridized carbons (Fsp3) is 0.360. The van der Waals surface area contributed by atoms with E-state index in [4.69, 9.17) is 10.5 Å². The van der Waals surface area contributed by atoms with E-state index in [1.165, 1.54) is 4.90 Å². The van der Waals surface area contributed by atoms with Crippen LogP contribution in [0.2, 0.25) is 0 Å². The van der Waals surface area contributed by atoms with Crippen molar-refractivity contribution in [3.05, 3.63) is 71.8 Å². The number of hydrogen-bond donors (Lipinski definition) is 3. The molecule has 9 nitrogen and oxygen atoms in total. The molecule has 0 aliphatic carbocycles. The normalized spacial score (nSPS) is 15.9.